The van der Waals surface area contributed by atoms with Crippen molar-refractivity contribution < 1.29 is 14.2 Å². The Bertz CT molecular complexity index is 252. The molecule has 2 fully saturated rings. The molecule has 4 unspecified atom stereocenters. The van der Waals surface area contributed by atoms with Crippen LogP contribution in [0.3, 0.4) is 0 Å². The van der Waals surface area contributed by atoms with Crippen LogP contribution in [-0.4, -0.2) is 43.4 Å². The fraction of sp³-hybridized carbons (Fsp3) is 1.00. The third-order valence-electron chi connectivity index (χ3n) is 3.07. The van der Waals surface area contributed by atoms with E-state index in [1.807, 2.05) is 13.8 Å². The summed E-state index contributed by atoms with van der Waals surface area (Å²) in [6, 6.07) is 0.536. The van der Waals surface area contributed by atoms with Crippen LogP contribution in [0.1, 0.15) is 27.2 Å². The molecule has 3 N–H and O–H groups in total. The Hall–Kier alpha value is -0.200. The summed E-state index contributed by atoms with van der Waals surface area (Å²) in [6.45, 7) is 7.69. The van der Waals surface area contributed by atoms with E-state index >= 15 is 0 Å². The average molecular weight is 230 g/mol. The van der Waals surface area contributed by atoms with Gasteiger partial charge in [0.1, 0.15) is 5.72 Å². The molecule has 2 heterocycles. The first-order valence-electron chi connectivity index (χ1n) is 5.91. The zero-order valence-electron chi connectivity index (χ0n) is 10.3. The summed E-state index contributed by atoms with van der Waals surface area (Å²) in [5.41, 5.74) is 5.48. The first-order valence-corrected chi connectivity index (χ1v) is 5.91. The maximum atomic E-state index is 5.75. The van der Waals surface area contributed by atoms with Crippen LogP contribution >= 0.6 is 0 Å². The van der Waals surface area contributed by atoms with Gasteiger partial charge in [0.05, 0.1) is 19.8 Å². The lowest BCUT2D eigenvalue weighted by Gasteiger charge is -2.45. The molecule has 5 nitrogen and oxygen atoms in total. The van der Waals surface area contributed by atoms with Gasteiger partial charge in [-0.3, -0.25) is 5.32 Å². The molecule has 2 saturated heterocycles. The van der Waals surface area contributed by atoms with Gasteiger partial charge in [-0.25, -0.2) is 0 Å². The summed E-state index contributed by atoms with van der Waals surface area (Å²) in [5, 5.41) is 3.27. The van der Waals surface area contributed by atoms with Crippen LogP contribution in [0, 0.1) is 0 Å². The molecule has 0 saturated carbocycles. The van der Waals surface area contributed by atoms with E-state index in [1.54, 1.807) is 0 Å². The summed E-state index contributed by atoms with van der Waals surface area (Å²) in [5.74, 6) is -0.435. The minimum atomic E-state index is -0.435. The second-order valence-electron chi connectivity index (χ2n) is 5.07. The lowest BCUT2D eigenvalue weighted by molar-refractivity contribution is -0.349. The van der Waals surface area contributed by atoms with Crippen molar-refractivity contribution >= 4 is 0 Å². The van der Waals surface area contributed by atoms with Crippen molar-refractivity contribution in [3.63, 3.8) is 0 Å². The molecule has 2 aliphatic rings. The van der Waals surface area contributed by atoms with E-state index in [-0.39, 0.29) is 11.8 Å². The molecule has 2 rings (SSSR count). The van der Waals surface area contributed by atoms with E-state index in [0.717, 1.165) is 6.42 Å². The van der Waals surface area contributed by atoms with Gasteiger partial charge in [-0.1, -0.05) is 0 Å². The summed E-state index contributed by atoms with van der Waals surface area (Å²) < 4.78 is 16.7. The number of nitrogens with two attached hydrogens (primary N) is 1. The predicted molar refractivity (Wildman–Crippen MR) is 59.9 cm³/mol. The van der Waals surface area contributed by atoms with Crippen LogP contribution in [0.25, 0.3) is 0 Å². The van der Waals surface area contributed by atoms with Crippen molar-refractivity contribution in [2.24, 2.45) is 5.73 Å². The minimum absolute atomic E-state index is 0.0790. The van der Waals surface area contributed by atoms with Gasteiger partial charge in [-0.15, -0.1) is 0 Å². The largest absolute Gasteiger partial charge is 0.377 e. The van der Waals surface area contributed by atoms with Gasteiger partial charge in [0.2, 0.25) is 0 Å². The van der Waals surface area contributed by atoms with E-state index < -0.39 is 5.79 Å². The molecule has 0 amide bonds. The monoisotopic (exact) mass is 230 g/mol. The SMILES string of the molecule is CC(N)COCCOC1(C)CC2(NC2C)O1. The summed E-state index contributed by atoms with van der Waals surface area (Å²) in [6.07, 6.45) is 0.911. The Morgan fingerprint density at radius 2 is 2.19 bits per heavy atom. The fourth-order valence-electron chi connectivity index (χ4n) is 2.17. The molecule has 0 aliphatic carbocycles. The molecule has 0 aromatic heterocycles. The average Bonchev–Trinajstić information content (AvgIpc) is 2.74. The highest BCUT2D eigenvalue weighted by molar-refractivity contribution is 5.13. The van der Waals surface area contributed by atoms with Gasteiger partial charge in [0, 0.05) is 18.5 Å². The van der Waals surface area contributed by atoms with Crippen molar-refractivity contribution in [2.45, 2.75) is 50.8 Å². The molecule has 4 atom stereocenters. The van der Waals surface area contributed by atoms with Crippen LogP contribution in [0.15, 0.2) is 0 Å². The van der Waals surface area contributed by atoms with Crippen molar-refractivity contribution in [2.75, 3.05) is 19.8 Å². The second kappa shape index (κ2) is 4.23. The molecule has 1 spiro atoms. The van der Waals surface area contributed by atoms with Crippen molar-refractivity contribution in [1.82, 2.24) is 5.32 Å². The van der Waals surface area contributed by atoms with Crippen LogP contribution in [0.4, 0.5) is 0 Å². The molecule has 0 bridgehead atoms. The number of rotatable bonds is 6. The first-order chi connectivity index (χ1) is 7.46. The third-order valence-corrected chi connectivity index (χ3v) is 3.07. The highest BCUT2D eigenvalue weighted by Gasteiger charge is 2.66. The number of nitrogens with one attached hydrogen (secondary N) is 1. The molecule has 5 heteroatoms. The smallest absolute Gasteiger partial charge is 0.172 e. The van der Waals surface area contributed by atoms with Crippen LogP contribution in [-0.2, 0) is 14.2 Å². The molecule has 0 radical (unpaired) electrons. The van der Waals surface area contributed by atoms with Gasteiger partial charge in [0.15, 0.2) is 5.79 Å². The van der Waals surface area contributed by atoms with Crippen LogP contribution in [0.2, 0.25) is 0 Å². The number of hydrogen-bond acceptors (Lipinski definition) is 5. The standard InChI is InChI=1S/C11H22N2O3/c1-8(12)6-14-4-5-15-10(3)7-11(16-10)9(2)13-11/h8-9,13H,4-7,12H2,1-3H3. The third kappa shape index (κ3) is 2.55. The van der Waals surface area contributed by atoms with Gasteiger partial charge in [0.25, 0.3) is 0 Å². The first kappa shape index (κ1) is 12.3. The Kier molecular flexibility index (Phi) is 3.25. The van der Waals surface area contributed by atoms with E-state index in [1.165, 1.54) is 0 Å². The van der Waals surface area contributed by atoms with E-state index in [4.69, 9.17) is 19.9 Å². The zero-order chi connectivity index (χ0) is 11.8. The zero-order valence-corrected chi connectivity index (χ0v) is 10.3. The van der Waals surface area contributed by atoms with Gasteiger partial charge >= 0.3 is 0 Å². The number of hydrogen-bond donors (Lipinski definition) is 2. The van der Waals surface area contributed by atoms with Crippen molar-refractivity contribution in [3.05, 3.63) is 0 Å². The van der Waals surface area contributed by atoms with E-state index in [9.17, 15) is 0 Å². The Balaban J connectivity index is 1.54. The van der Waals surface area contributed by atoms with E-state index in [0.29, 0.717) is 25.9 Å². The molecule has 16 heavy (non-hydrogen) atoms. The normalized spacial score (nSPS) is 43.1. The topological polar surface area (TPSA) is 75.7 Å². The van der Waals surface area contributed by atoms with Crippen LogP contribution in [0.5, 0.6) is 0 Å². The molecule has 0 aromatic rings. The van der Waals surface area contributed by atoms with Gasteiger partial charge in [-0.2, -0.15) is 0 Å². The highest BCUT2D eigenvalue weighted by Crippen LogP contribution is 2.49. The van der Waals surface area contributed by atoms with Crippen LogP contribution < -0.4 is 11.1 Å². The van der Waals surface area contributed by atoms with Crippen molar-refractivity contribution in [3.8, 4) is 0 Å². The van der Waals surface area contributed by atoms with Gasteiger partial charge in [-0.05, 0) is 20.8 Å². The Morgan fingerprint density at radius 3 is 2.69 bits per heavy atom. The number of ether oxygens (including phenoxy) is 3. The van der Waals surface area contributed by atoms with Crippen molar-refractivity contribution in [1.29, 1.82) is 0 Å². The predicted octanol–water partition coefficient (Wildman–Crippen LogP) is 0.191. The highest BCUT2D eigenvalue weighted by atomic mass is 16.7. The summed E-state index contributed by atoms with van der Waals surface area (Å²) >= 11 is 0. The summed E-state index contributed by atoms with van der Waals surface area (Å²) in [4.78, 5) is 0. The van der Waals surface area contributed by atoms with E-state index in [2.05, 4.69) is 12.2 Å². The molecule has 0 aromatic carbocycles. The Morgan fingerprint density at radius 1 is 1.56 bits per heavy atom. The maximum Gasteiger partial charge on any atom is 0.172 e. The molecule has 94 valence electrons. The molecule has 2 aliphatic heterocycles. The Labute approximate surface area is 96.6 Å². The molecular weight excluding hydrogens is 208 g/mol. The summed E-state index contributed by atoms with van der Waals surface area (Å²) in [7, 11) is 0. The minimum Gasteiger partial charge on any atom is -0.377 e. The second-order valence-corrected chi connectivity index (χ2v) is 5.07. The maximum absolute atomic E-state index is 5.75. The molecular formula is C11H22N2O3. The fourth-order valence-corrected chi connectivity index (χ4v) is 2.17. The quantitative estimate of drug-likeness (QED) is 0.503. The lowest BCUT2D eigenvalue weighted by Crippen LogP contribution is -2.55. The lowest BCUT2D eigenvalue weighted by atomic mass is 10.00. The van der Waals surface area contributed by atoms with Gasteiger partial charge < -0.3 is 19.9 Å².